The summed E-state index contributed by atoms with van der Waals surface area (Å²) in [5.74, 6) is 8.83. The van der Waals surface area contributed by atoms with E-state index in [2.05, 4.69) is 12.3 Å². The van der Waals surface area contributed by atoms with Crippen LogP contribution in [0.4, 0.5) is 0 Å². The van der Waals surface area contributed by atoms with Gasteiger partial charge in [-0.1, -0.05) is 19.3 Å². The first-order valence-corrected chi connectivity index (χ1v) is 8.37. The van der Waals surface area contributed by atoms with Crippen LogP contribution in [0.2, 0.25) is 0 Å². The van der Waals surface area contributed by atoms with Crippen molar-refractivity contribution in [3.63, 3.8) is 0 Å². The van der Waals surface area contributed by atoms with Gasteiger partial charge in [0.2, 0.25) is 0 Å². The van der Waals surface area contributed by atoms with Crippen LogP contribution in [0.1, 0.15) is 64.7 Å². The van der Waals surface area contributed by atoms with Gasteiger partial charge in [-0.2, -0.15) is 0 Å². The van der Waals surface area contributed by atoms with Crippen LogP contribution in [0.3, 0.4) is 0 Å². The fourth-order valence-corrected chi connectivity index (χ4v) is 5.26. The average Bonchev–Trinajstić information content (AvgIpc) is 3.12. The van der Waals surface area contributed by atoms with E-state index in [4.69, 9.17) is 10.6 Å². The maximum absolute atomic E-state index is 6.19. The van der Waals surface area contributed by atoms with Crippen LogP contribution < -0.4 is 11.3 Å². The highest BCUT2D eigenvalue weighted by molar-refractivity contribution is 5.00. The first-order valence-electron chi connectivity index (χ1n) is 8.37. The van der Waals surface area contributed by atoms with Crippen molar-refractivity contribution in [1.29, 1.82) is 0 Å². The second-order valence-corrected chi connectivity index (χ2v) is 7.09. The standard InChI is InChI=1S/C16H30N2O/c1-2-19-16(7-3-4-8-16)15(18-17)11-14-10-12-5-6-13(14)9-12/h12-15,18H,2-11,17H2,1H3. The van der Waals surface area contributed by atoms with Crippen molar-refractivity contribution >= 4 is 0 Å². The predicted octanol–water partition coefficient (Wildman–Crippen LogP) is 2.99. The molecule has 19 heavy (non-hydrogen) atoms. The van der Waals surface area contributed by atoms with Crippen LogP contribution in [0, 0.1) is 17.8 Å². The summed E-state index contributed by atoms with van der Waals surface area (Å²) in [5.41, 5.74) is 3.16. The highest BCUT2D eigenvalue weighted by Gasteiger charge is 2.46. The number of fused-ring (bicyclic) bond motifs is 2. The van der Waals surface area contributed by atoms with Gasteiger partial charge in [-0.3, -0.25) is 11.3 Å². The molecule has 0 spiro atoms. The molecule has 0 aromatic rings. The Morgan fingerprint density at radius 1 is 1.26 bits per heavy atom. The lowest BCUT2D eigenvalue weighted by Crippen LogP contribution is -2.54. The van der Waals surface area contributed by atoms with Crippen LogP contribution >= 0.6 is 0 Å². The van der Waals surface area contributed by atoms with Crippen LogP contribution in [0.5, 0.6) is 0 Å². The molecule has 3 heteroatoms. The maximum Gasteiger partial charge on any atom is 0.0848 e. The minimum atomic E-state index is 0.0331. The summed E-state index contributed by atoms with van der Waals surface area (Å²) in [5, 5.41) is 0. The molecule has 3 N–H and O–H groups in total. The summed E-state index contributed by atoms with van der Waals surface area (Å²) in [4.78, 5) is 0. The zero-order valence-electron chi connectivity index (χ0n) is 12.4. The average molecular weight is 266 g/mol. The molecule has 0 amide bonds. The molecule has 0 aromatic heterocycles. The van der Waals surface area contributed by atoms with E-state index in [1.807, 2.05) is 0 Å². The number of hydrogen-bond acceptors (Lipinski definition) is 3. The lowest BCUT2D eigenvalue weighted by atomic mass is 9.79. The molecule has 0 heterocycles. The molecular weight excluding hydrogens is 236 g/mol. The van der Waals surface area contributed by atoms with Crippen LogP contribution in [-0.2, 0) is 4.74 Å². The number of hydrazine groups is 1. The number of nitrogens with one attached hydrogen (secondary N) is 1. The zero-order valence-corrected chi connectivity index (χ0v) is 12.4. The highest BCUT2D eigenvalue weighted by atomic mass is 16.5. The molecule has 3 nitrogen and oxygen atoms in total. The zero-order chi connectivity index (χ0) is 13.3. The summed E-state index contributed by atoms with van der Waals surface area (Å²) >= 11 is 0. The SMILES string of the molecule is CCOC1(C(CC2CC3CCC2C3)NN)CCCC1. The first kappa shape index (κ1) is 13.8. The third-order valence-corrected chi connectivity index (χ3v) is 6.14. The molecular formula is C16H30N2O. The van der Waals surface area contributed by atoms with E-state index in [0.29, 0.717) is 6.04 Å². The molecule has 4 unspecified atom stereocenters. The highest BCUT2D eigenvalue weighted by Crippen LogP contribution is 2.51. The van der Waals surface area contributed by atoms with Gasteiger partial charge in [0, 0.05) is 6.61 Å². The molecule has 3 fully saturated rings. The molecule has 3 aliphatic carbocycles. The fraction of sp³-hybridized carbons (Fsp3) is 1.00. The Kier molecular flexibility index (Phi) is 4.16. The quantitative estimate of drug-likeness (QED) is 0.574. The van der Waals surface area contributed by atoms with Crippen LogP contribution in [-0.4, -0.2) is 18.2 Å². The maximum atomic E-state index is 6.19. The number of ether oxygens (including phenoxy) is 1. The Morgan fingerprint density at radius 2 is 2.05 bits per heavy atom. The lowest BCUT2D eigenvalue weighted by Gasteiger charge is -2.39. The molecule has 3 aliphatic rings. The van der Waals surface area contributed by atoms with Gasteiger partial charge in [-0.15, -0.1) is 0 Å². The molecule has 2 bridgehead atoms. The molecule has 4 atom stereocenters. The van der Waals surface area contributed by atoms with Gasteiger partial charge in [0.1, 0.15) is 0 Å². The van der Waals surface area contributed by atoms with Crippen molar-refractivity contribution in [2.45, 2.75) is 76.4 Å². The summed E-state index contributed by atoms with van der Waals surface area (Å²) in [6.07, 6.45) is 12.1. The number of rotatable bonds is 6. The second-order valence-electron chi connectivity index (χ2n) is 7.09. The van der Waals surface area contributed by atoms with Crippen molar-refractivity contribution in [2.75, 3.05) is 6.61 Å². The van der Waals surface area contributed by atoms with Gasteiger partial charge in [0.05, 0.1) is 11.6 Å². The van der Waals surface area contributed by atoms with Crippen LogP contribution in [0.25, 0.3) is 0 Å². The number of hydrogen-bond donors (Lipinski definition) is 2. The second kappa shape index (κ2) is 5.71. The van der Waals surface area contributed by atoms with E-state index < -0.39 is 0 Å². The Labute approximate surface area is 117 Å². The minimum absolute atomic E-state index is 0.0331. The molecule has 0 aliphatic heterocycles. The van der Waals surface area contributed by atoms with Crippen molar-refractivity contribution in [3.8, 4) is 0 Å². The van der Waals surface area contributed by atoms with E-state index in [-0.39, 0.29) is 5.60 Å². The Morgan fingerprint density at radius 3 is 2.58 bits per heavy atom. The Hall–Kier alpha value is -0.120. The molecule has 110 valence electrons. The molecule has 3 rings (SSSR count). The lowest BCUT2D eigenvalue weighted by molar-refractivity contribution is -0.0679. The number of nitrogens with two attached hydrogens (primary N) is 1. The first-order chi connectivity index (χ1) is 9.27. The largest absolute Gasteiger partial charge is 0.374 e. The van der Waals surface area contributed by atoms with Gasteiger partial charge in [-0.05, 0) is 63.2 Å². The van der Waals surface area contributed by atoms with E-state index >= 15 is 0 Å². The van der Waals surface area contributed by atoms with Crippen molar-refractivity contribution in [3.05, 3.63) is 0 Å². The van der Waals surface area contributed by atoms with Gasteiger partial charge >= 0.3 is 0 Å². The third kappa shape index (κ3) is 2.57. The summed E-state index contributed by atoms with van der Waals surface area (Å²) in [6, 6.07) is 0.360. The summed E-state index contributed by atoms with van der Waals surface area (Å²) < 4.78 is 6.19. The predicted molar refractivity (Wildman–Crippen MR) is 77.5 cm³/mol. The molecule has 0 radical (unpaired) electrons. The normalized spacial score (nSPS) is 37.9. The Balaban J connectivity index is 1.65. The monoisotopic (exact) mass is 266 g/mol. The van der Waals surface area contributed by atoms with E-state index in [9.17, 15) is 0 Å². The third-order valence-electron chi connectivity index (χ3n) is 6.14. The molecule has 0 saturated heterocycles. The van der Waals surface area contributed by atoms with Gasteiger partial charge in [0.25, 0.3) is 0 Å². The van der Waals surface area contributed by atoms with E-state index in [0.717, 1.165) is 24.4 Å². The van der Waals surface area contributed by atoms with Crippen LogP contribution in [0.15, 0.2) is 0 Å². The van der Waals surface area contributed by atoms with Crippen molar-refractivity contribution < 1.29 is 4.74 Å². The van der Waals surface area contributed by atoms with E-state index in [1.165, 1.54) is 57.8 Å². The summed E-state index contributed by atoms with van der Waals surface area (Å²) in [7, 11) is 0. The van der Waals surface area contributed by atoms with Gasteiger partial charge in [-0.25, -0.2) is 0 Å². The molecule has 0 aromatic carbocycles. The smallest absolute Gasteiger partial charge is 0.0848 e. The van der Waals surface area contributed by atoms with Crippen molar-refractivity contribution in [1.82, 2.24) is 5.43 Å². The molecule has 3 saturated carbocycles. The topological polar surface area (TPSA) is 47.3 Å². The minimum Gasteiger partial charge on any atom is -0.374 e. The van der Waals surface area contributed by atoms with E-state index in [1.54, 1.807) is 0 Å². The van der Waals surface area contributed by atoms with Gasteiger partial charge < -0.3 is 4.74 Å². The summed E-state index contributed by atoms with van der Waals surface area (Å²) in [6.45, 7) is 2.93. The van der Waals surface area contributed by atoms with Crippen molar-refractivity contribution in [2.24, 2.45) is 23.6 Å². The van der Waals surface area contributed by atoms with Gasteiger partial charge in [0.15, 0.2) is 0 Å². The Bertz CT molecular complexity index is 301. The fourth-order valence-electron chi connectivity index (χ4n) is 5.26.